The number of amides is 1. The van der Waals surface area contributed by atoms with Crippen LogP contribution in [0.3, 0.4) is 0 Å². The number of aromatic nitrogens is 2. The third kappa shape index (κ3) is 2.95. The number of carbonyl (C=O) groups is 2. The number of hydrogen-bond acceptors (Lipinski definition) is 3. The number of nitrogens with one attached hydrogen (secondary N) is 1. The van der Waals surface area contributed by atoms with Gasteiger partial charge in [-0.15, -0.1) is 0 Å². The van der Waals surface area contributed by atoms with E-state index in [4.69, 9.17) is 0 Å². The smallest absolute Gasteiger partial charge is 0.223 e. The Kier molecular flexibility index (Phi) is 4.08. The minimum atomic E-state index is 0.0130. The molecule has 1 amide bonds. The van der Waals surface area contributed by atoms with Crippen molar-refractivity contribution in [3.63, 3.8) is 0 Å². The summed E-state index contributed by atoms with van der Waals surface area (Å²) in [4.78, 5) is 29.1. The number of pyridine rings is 1. The van der Waals surface area contributed by atoms with Crippen molar-refractivity contribution in [3.8, 4) is 0 Å². The molecule has 2 aromatic heterocycles. The van der Waals surface area contributed by atoms with Gasteiger partial charge in [0.05, 0.1) is 5.69 Å². The van der Waals surface area contributed by atoms with Crippen molar-refractivity contribution < 1.29 is 9.59 Å². The average molecular weight is 325 g/mol. The Morgan fingerprint density at radius 3 is 2.79 bits per heavy atom. The highest BCUT2D eigenvalue weighted by atomic mass is 16.2. The van der Waals surface area contributed by atoms with E-state index in [-0.39, 0.29) is 23.7 Å². The molecule has 2 aromatic rings. The largest absolute Gasteiger partial charge is 0.355 e. The van der Waals surface area contributed by atoms with E-state index >= 15 is 0 Å². The number of hydrogen-bond donors (Lipinski definition) is 1. The van der Waals surface area contributed by atoms with Gasteiger partial charge in [-0.1, -0.05) is 12.5 Å². The fraction of sp³-hybridized carbons (Fsp3) is 0.526. The third-order valence-electron chi connectivity index (χ3n) is 5.51. The van der Waals surface area contributed by atoms with E-state index in [0.717, 1.165) is 49.9 Å². The van der Waals surface area contributed by atoms with Crippen LogP contribution in [0.25, 0.3) is 5.65 Å². The third-order valence-corrected chi connectivity index (χ3v) is 5.51. The zero-order valence-corrected chi connectivity index (χ0v) is 13.8. The van der Waals surface area contributed by atoms with Crippen molar-refractivity contribution >= 4 is 17.3 Å². The molecule has 2 heterocycles. The van der Waals surface area contributed by atoms with Gasteiger partial charge in [-0.25, -0.2) is 4.98 Å². The van der Waals surface area contributed by atoms with Gasteiger partial charge < -0.3 is 9.72 Å². The minimum Gasteiger partial charge on any atom is -0.355 e. The summed E-state index contributed by atoms with van der Waals surface area (Å²) in [6.45, 7) is 0.600. The zero-order chi connectivity index (χ0) is 16.5. The summed E-state index contributed by atoms with van der Waals surface area (Å²) in [7, 11) is 0. The Morgan fingerprint density at radius 2 is 2.04 bits per heavy atom. The first kappa shape index (κ1) is 15.4. The molecule has 0 aromatic carbocycles. The quantitative estimate of drug-likeness (QED) is 0.939. The van der Waals surface area contributed by atoms with Gasteiger partial charge in [0.25, 0.3) is 0 Å². The molecule has 0 spiro atoms. The topological polar surface area (TPSA) is 63.5 Å². The molecule has 0 radical (unpaired) electrons. The fourth-order valence-electron chi connectivity index (χ4n) is 4.26. The number of imidazole rings is 1. The second-order valence-electron chi connectivity index (χ2n) is 7.13. The van der Waals surface area contributed by atoms with Crippen LogP contribution in [0.5, 0.6) is 0 Å². The van der Waals surface area contributed by atoms with Crippen LogP contribution < -0.4 is 5.32 Å². The van der Waals surface area contributed by atoms with Crippen molar-refractivity contribution in [2.45, 2.75) is 38.5 Å². The van der Waals surface area contributed by atoms with Gasteiger partial charge in [-0.2, -0.15) is 0 Å². The van der Waals surface area contributed by atoms with Gasteiger partial charge in [0, 0.05) is 43.1 Å². The number of ketones is 1. The maximum atomic E-state index is 12.5. The summed E-state index contributed by atoms with van der Waals surface area (Å²) in [5.74, 6) is 0.801. The fourth-order valence-corrected chi connectivity index (χ4v) is 4.26. The molecule has 2 fully saturated rings. The molecular weight excluding hydrogens is 302 g/mol. The molecule has 5 nitrogen and oxygen atoms in total. The van der Waals surface area contributed by atoms with Crippen LogP contribution in [0.15, 0.2) is 30.6 Å². The minimum absolute atomic E-state index is 0.0130. The molecular formula is C19H23N3O2. The summed E-state index contributed by atoms with van der Waals surface area (Å²) < 4.78 is 1.99. The van der Waals surface area contributed by atoms with Gasteiger partial charge >= 0.3 is 0 Å². The molecule has 2 aliphatic rings. The lowest BCUT2D eigenvalue weighted by Gasteiger charge is -2.36. The number of Topliss-reactive ketones (excluding diaryl/α,β-unsaturated/α-hetero) is 1. The van der Waals surface area contributed by atoms with Crippen LogP contribution in [-0.4, -0.2) is 27.6 Å². The number of carbonyl (C=O) groups excluding carboxylic acids is 2. The van der Waals surface area contributed by atoms with Gasteiger partial charge in [0.2, 0.25) is 5.91 Å². The summed E-state index contributed by atoms with van der Waals surface area (Å²) >= 11 is 0. The number of fused-ring (bicyclic) bond motifs is 3. The molecule has 24 heavy (non-hydrogen) atoms. The highest BCUT2D eigenvalue weighted by Crippen LogP contribution is 2.40. The predicted octanol–water partition coefficient (Wildman–Crippen LogP) is 2.39. The van der Waals surface area contributed by atoms with Crippen molar-refractivity contribution in [2.24, 2.45) is 17.8 Å². The lowest BCUT2D eigenvalue weighted by Crippen LogP contribution is -2.43. The Bertz CT molecular complexity index is 718. The molecule has 2 saturated carbocycles. The molecule has 2 bridgehead atoms. The molecule has 1 N–H and O–H groups in total. The maximum absolute atomic E-state index is 12.5. The Hall–Kier alpha value is -2.17. The second kappa shape index (κ2) is 6.38. The normalized spacial score (nSPS) is 26.5. The molecule has 0 aliphatic heterocycles. The summed E-state index contributed by atoms with van der Waals surface area (Å²) in [5, 5.41) is 3.05. The van der Waals surface area contributed by atoms with Gasteiger partial charge in [-0.3, -0.25) is 9.59 Å². The summed E-state index contributed by atoms with van der Waals surface area (Å²) in [6.07, 6.45) is 9.29. The number of rotatable bonds is 4. The molecule has 5 heteroatoms. The molecule has 2 unspecified atom stereocenters. The Balaban J connectivity index is 1.31. The first-order valence-electron chi connectivity index (χ1n) is 8.95. The highest BCUT2D eigenvalue weighted by molar-refractivity contribution is 5.88. The van der Waals surface area contributed by atoms with Crippen LogP contribution in [0.1, 0.15) is 37.8 Å². The zero-order valence-electron chi connectivity index (χ0n) is 13.8. The highest BCUT2D eigenvalue weighted by Gasteiger charge is 2.41. The van der Waals surface area contributed by atoms with E-state index in [1.165, 1.54) is 0 Å². The molecule has 126 valence electrons. The molecule has 4 rings (SSSR count). The van der Waals surface area contributed by atoms with Gasteiger partial charge in [-0.05, 0) is 37.8 Å². The van der Waals surface area contributed by atoms with Gasteiger partial charge in [0.1, 0.15) is 11.4 Å². The standard InChI is InChI=1S/C19H23N3O2/c23-18-13-4-3-5-14(18)11-15(10-13)19(24)20-8-7-16-12-22-9-2-1-6-17(22)21-16/h1-2,6,9,12-15H,3-5,7-8,10-11H2,(H,20,24). The second-order valence-corrected chi connectivity index (χ2v) is 7.13. The van der Waals surface area contributed by atoms with E-state index in [2.05, 4.69) is 10.3 Å². The van der Waals surface area contributed by atoms with Crippen LogP contribution in [-0.2, 0) is 16.0 Å². The SMILES string of the molecule is O=C(NCCc1cn2ccccc2n1)C1CC2CCCC(C1)C2=O. The average Bonchev–Trinajstić information content (AvgIpc) is 2.97. The van der Waals surface area contributed by atoms with Crippen LogP contribution in [0.4, 0.5) is 0 Å². The molecule has 0 saturated heterocycles. The lowest BCUT2D eigenvalue weighted by molar-refractivity contribution is -0.137. The Labute approximate surface area is 141 Å². The van der Waals surface area contributed by atoms with E-state index in [0.29, 0.717) is 12.3 Å². The van der Waals surface area contributed by atoms with Gasteiger partial charge in [0.15, 0.2) is 0 Å². The van der Waals surface area contributed by atoms with Crippen LogP contribution >= 0.6 is 0 Å². The lowest BCUT2D eigenvalue weighted by atomic mass is 9.67. The van der Waals surface area contributed by atoms with Crippen LogP contribution in [0.2, 0.25) is 0 Å². The Morgan fingerprint density at radius 1 is 1.25 bits per heavy atom. The van der Waals surface area contributed by atoms with Crippen molar-refractivity contribution in [2.75, 3.05) is 6.54 Å². The molecule has 2 atom stereocenters. The maximum Gasteiger partial charge on any atom is 0.223 e. The van der Waals surface area contributed by atoms with Crippen molar-refractivity contribution in [3.05, 3.63) is 36.3 Å². The van der Waals surface area contributed by atoms with Crippen LogP contribution in [0, 0.1) is 17.8 Å². The van der Waals surface area contributed by atoms with Crippen molar-refractivity contribution in [1.82, 2.24) is 14.7 Å². The molecule has 2 aliphatic carbocycles. The monoisotopic (exact) mass is 325 g/mol. The summed E-state index contributed by atoms with van der Waals surface area (Å²) in [6, 6.07) is 5.91. The van der Waals surface area contributed by atoms with E-state index < -0.39 is 0 Å². The van der Waals surface area contributed by atoms with E-state index in [9.17, 15) is 9.59 Å². The number of nitrogens with zero attached hydrogens (tertiary/aromatic N) is 2. The van der Waals surface area contributed by atoms with E-state index in [1.54, 1.807) is 0 Å². The predicted molar refractivity (Wildman–Crippen MR) is 90.5 cm³/mol. The van der Waals surface area contributed by atoms with E-state index in [1.807, 2.05) is 35.0 Å². The summed E-state index contributed by atoms with van der Waals surface area (Å²) in [5.41, 5.74) is 1.91. The first-order chi connectivity index (χ1) is 11.7. The van der Waals surface area contributed by atoms with Crippen molar-refractivity contribution in [1.29, 1.82) is 0 Å². The first-order valence-corrected chi connectivity index (χ1v) is 8.95.